The summed E-state index contributed by atoms with van der Waals surface area (Å²) in [4.78, 5) is 18.9. The number of nitrogens with zero attached hydrogens (tertiary/aromatic N) is 2. The molecule has 3 heterocycles. The zero-order valence-corrected chi connectivity index (χ0v) is 20.0. The molecule has 1 aliphatic heterocycles. The number of thiocarbonyl (C=S) groups is 1. The molecule has 4 aromatic rings. The molecule has 176 valence electrons. The van der Waals surface area contributed by atoms with Crippen LogP contribution < -0.4 is 15.0 Å². The first-order chi connectivity index (χ1) is 17.1. The fourth-order valence-corrected chi connectivity index (χ4v) is 4.65. The Labute approximate surface area is 208 Å². The molecule has 35 heavy (non-hydrogen) atoms. The van der Waals surface area contributed by atoms with Crippen LogP contribution in [0.3, 0.4) is 0 Å². The lowest BCUT2D eigenvalue weighted by Crippen LogP contribution is -2.29. The van der Waals surface area contributed by atoms with Crippen molar-refractivity contribution in [3.05, 3.63) is 102 Å². The molecular formula is C27H23N3O4S. The van der Waals surface area contributed by atoms with Gasteiger partial charge in [-0.25, -0.2) is 4.79 Å². The number of anilines is 1. The lowest BCUT2D eigenvalue weighted by atomic mass is 10.0. The number of carbonyl (C=O) groups excluding carboxylic acids is 1. The normalized spacial score (nSPS) is 17.2. The van der Waals surface area contributed by atoms with E-state index in [2.05, 4.69) is 10.3 Å². The minimum Gasteiger partial charge on any atom is -0.497 e. The molecule has 0 amide bonds. The van der Waals surface area contributed by atoms with E-state index in [0.717, 1.165) is 17.1 Å². The second-order valence-corrected chi connectivity index (χ2v) is 8.32. The van der Waals surface area contributed by atoms with Gasteiger partial charge in [0, 0.05) is 17.4 Å². The molecule has 1 N–H and O–H groups in total. The van der Waals surface area contributed by atoms with E-state index in [9.17, 15) is 4.79 Å². The van der Waals surface area contributed by atoms with Crippen molar-refractivity contribution in [2.45, 2.75) is 12.1 Å². The highest BCUT2D eigenvalue weighted by Crippen LogP contribution is 2.43. The Balaban J connectivity index is 1.59. The Morgan fingerprint density at radius 2 is 1.77 bits per heavy atom. The molecule has 0 spiro atoms. The van der Waals surface area contributed by atoms with Gasteiger partial charge in [-0.05, 0) is 66.8 Å². The van der Waals surface area contributed by atoms with E-state index in [4.69, 9.17) is 26.1 Å². The van der Waals surface area contributed by atoms with Gasteiger partial charge in [-0.3, -0.25) is 4.98 Å². The van der Waals surface area contributed by atoms with E-state index >= 15 is 0 Å². The zero-order valence-electron chi connectivity index (χ0n) is 19.2. The van der Waals surface area contributed by atoms with Gasteiger partial charge < -0.3 is 24.1 Å². The van der Waals surface area contributed by atoms with Crippen molar-refractivity contribution in [3.63, 3.8) is 0 Å². The van der Waals surface area contributed by atoms with E-state index in [1.165, 1.54) is 7.11 Å². The summed E-state index contributed by atoms with van der Waals surface area (Å²) in [5.74, 6) is 1.57. The van der Waals surface area contributed by atoms with Gasteiger partial charge in [-0.2, -0.15) is 0 Å². The highest BCUT2D eigenvalue weighted by Gasteiger charge is 2.42. The monoisotopic (exact) mass is 485 g/mol. The van der Waals surface area contributed by atoms with E-state index in [1.807, 2.05) is 71.6 Å². The van der Waals surface area contributed by atoms with Gasteiger partial charge in [-0.15, -0.1) is 0 Å². The van der Waals surface area contributed by atoms with Crippen LogP contribution in [0.1, 0.15) is 33.9 Å². The molecule has 0 radical (unpaired) electrons. The van der Waals surface area contributed by atoms with Crippen LogP contribution in [0.2, 0.25) is 0 Å². The van der Waals surface area contributed by atoms with Crippen LogP contribution in [0.25, 0.3) is 11.3 Å². The molecule has 0 saturated carbocycles. The first-order valence-electron chi connectivity index (χ1n) is 11.0. The minimum absolute atomic E-state index is 0.249. The first-order valence-corrected chi connectivity index (χ1v) is 11.4. The molecular weight excluding hydrogens is 462 g/mol. The van der Waals surface area contributed by atoms with Crippen molar-refractivity contribution in [2.24, 2.45) is 0 Å². The van der Waals surface area contributed by atoms with Gasteiger partial charge in [0.2, 0.25) is 0 Å². The van der Waals surface area contributed by atoms with E-state index in [0.29, 0.717) is 27.8 Å². The first kappa shape index (κ1) is 22.6. The number of ether oxygens (including phenoxy) is 2. The second kappa shape index (κ2) is 9.60. The SMILES string of the molecule is COC(=O)c1ccccc1-c1ccc([C@H]2[C@@H](c3ccccn3)NC(=S)N2c2ccc(OC)cc2)o1. The van der Waals surface area contributed by atoms with Gasteiger partial charge in [0.1, 0.15) is 23.3 Å². The van der Waals surface area contributed by atoms with Gasteiger partial charge in [0.25, 0.3) is 0 Å². The highest BCUT2D eigenvalue weighted by molar-refractivity contribution is 7.80. The van der Waals surface area contributed by atoms with E-state index in [1.54, 1.807) is 25.4 Å². The van der Waals surface area contributed by atoms with Crippen molar-refractivity contribution >= 4 is 29.0 Å². The topological polar surface area (TPSA) is 76.8 Å². The summed E-state index contributed by atoms with van der Waals surface area (Å²) in [6.07, 6.45) is 1.76. The van der Waals surface area contributed by atoms with Crippen LogP contribution in [0, 0.1) is 0 Å². The number of nitrogens with one attached hydrogen (secondary N) is 1. The van der Waals surface area contributed by atoms with Crippen LogP contribution >= 0.6 is 12.2 Å². The Bertz CT molecular complexity index is 1350. The third-order valence-corrected chi connectivity index (χ3v) is 6.28. The molecule has 5 rings (SSSR count). The van der Waals surface area contributed by atoms with Gasteiger partial charge >= 0.3 is 5.97 Å². The quantitative estimate of drug-likeness (QED) is 0.291. The zero-order chi connectivity index (χ0) is 24.4. The summed E-state index contributed by atoms with van der Waals surface area (Å²) in [5.41, 5.74) is 2.82. The standard InChI is InChI=1S/C27H23N3O4S/c1-32-18-12-10-17(11-13-18)30-25(24(29-27(30)35)21-9-5-6-16-28-21)23-15-14-22(34-23)19-7-3-4-8-20(19)26(31)33-2/h3-16,24-25H,1-2H3,(H,29,35)/t24-,25+/m1/s1. The molecule has 1 fully saturated rings. The number of methoxy groups -OCH3 is 2. The van der Waals surface area contributed by atoms with Crippen molar-refractivity contribution in [2.75, 3.05) is 19.1 Å². The Kier molecular flexibility index (Phi) is 6.20. The minimum atomic E-state index is -0.423. The van der Waals surface area contributed by atoms with Crippen LogP contribution in [0.15, 0.2) is 89.5 Å². The fraction of sp³-hybridized carbons (Fsp3) is 0.148. The molecule has 1 saturated heterocycles. The Morgan fingerprint density at radius 1 is 1.00 bits per heavy atom. The number of pyridine rings is 1. The number of rotatable bonds is 6. The van der Waals surface area contributed by atoms with Crippen molar-refractivity contribution < 1.29 is 18.7 Å². The van der Waals surface area contributed by atoms with Crippen LogP contribution in [-0.4, -0.2) is 30.3 Å². The number of hydrogen-bond donors (Lipinski definition) is 1. The van der Waals surface area contributed by atoms with Gasteiger partial charge in [0.15, 0.2) is 5.11 Å². The molecule has 0 unspecified atom stereocenters. The smallest absolute Gasteiger partial charge is 0.338 e. The maximum atomic E-state index is 12.3. The van der Waals surface area contributed by atoms with Crippen LogP contribution in [0.4, 0.5) is 5.69 Å². The molecule has 0 bridgehead atoms. The molecule has 2 aromatic carbocycles. The molecule has 1 aliphatic rings. The average Bonchev–Trinajstić information content (AvgIpc) is 3.53. The fourth-order valence-electron chi connectivity index (χ4n) is 4.31. The Morgan fingerprint density at radius 3 is 2.49 bits per heavy atom. The predicted octanol–water partition coefficient (Wildman–Crippen LogP) is 5.31. The largest absolute Gasteiger partial charge is 0.497 e. The lowest BCUT2D eigenvalue weighted by molar-refractivity contribution is 0.0601. The van der Waals surface area contributed by atoms with Crippen molar-refractivity contribution in [3.8, 4) is 17.1 Å². The summed E-state index contributed by atoms with van der Waals surface area (Å²) < 4.78 is 16.7. The van der Waals surface area contributed by atoms with E-state index < -0.39 is 5.97 Å². The number of benzene rings is 2. The van der Waals surface area contributed by atoms with Crippen molar-refractivity contribution in [1.82, 2.24) is 10.3 Å². The third-order valence-electron chi connectivity index (χ3n) is 5.96. The average molecular weight is 486 g/mol. The van der Waals surface area contributed by atoms with Crippen molar-refractivity contribution in [1.29, 1.82) is 0 Å². The molecule has 2 aromatic heterocycles. The maximum Gasteiger partial charge on any atom is 0.338 e. The van der Waals surface area contributed by atoms with E-state index in [-0.39, 0.29) is 12.1 Å². The van der Waals surface area contributed by atoms with Crippen LogP contribution in [0.5, 0.6) is 5.75 Å². The Hall–Kier alpha value is -4.17. The molecule has 0 aliphatic carbocycles. The summed E-state index contributed by atoms with van der Waals surface area (Å²) >= 11 is 5.76. The maximum absolute atomic E-state index is 12.3. The second-order valence-electron chi connectivity index (χ2n) is 7.93. The van der Waals surface area contributed by atoms with Gasteiger partial charge in [-0.1, -0.05) is 24.3 Å². The summed E-state index contributed by atoms with van der Waals surface area (Å²) in [6, 6.07) is 23.9. The third kappa shape index (κ3) is 4.24. The summed E-state index contributed by atoms with van der Waals surface area (Å²) in [5, 5.41) is 3.97. The molecule has 2 atom stereocenters. The number of esters is 1. The molecule has 7 nitrogen and oxygen atoms in total. The number of aromatic nitrogens is 1. The van der Waals surface area contributed by atoms with Gasteiger partial charge in [0.05, 0.1) is 31.5 Å². The van der Waals surface area contributed by atoms with Crippen LogP contribution in [-0.2, 0) is 4.74 Å². The number of carbonyl (C=O) groups is 1. The molecule has 8 heteroatoms. The summed E-state index contributed by atoms with van der Waals surface area (Å²) in [6.45, 7) is 0. The number of furan rings is 1. The predicted molar refractivity (Wildman–Crippen MR) is 136 cm³/mol. The number of hydrogen-bond acceptors (Lipinski definition) is 6. The highest BCUT2D eigenvalue weighted by atomic mass is 32.1. The summed E-state index contributed by atoms with van der Waals surface area (Å²) in [7, 11) is 3.00. The lowest BCUT2D eigenvalue weighted by Gasteiger charge is -2.26.